The standard InChI is InChI=1S/C12H17ClN2S/c13-12-4-3-10(8-15-12)5-6-14-11-2-1-7-16-9-11/h3-4,8,11,14H,1-2,5-7,9H2. The normalized spacial score (nSPS) is 20.9. The van der Waals surface area contributed by atoms with Gasteiger partial charge in [0.1, 0.15) is 5.15 Å². The van der Waals surface area contributed by atoms with Crippen molar-refractivity contribution in [3.05, 3.63) is 29.0 Å². The number of rotatable bonds is 4. The van der Waals surface area contributed by atoms with E-state index in [1.165, 1.54) is 29.9 Å². The Labute approximate surface area is 106 Å². The second-order valence-corrected chi connectivity index (χ2v) is 5.64. The van der Waals surface area contributed by atoms with Crippen molar-refractivity contribution in [2.24, 2.45) is 0 Å². The van der Waals surface area contributed by atoms with Gasteiger partial charge in [-0.3, -0.25) is 0 Å². The average Bonchev–Trinajstić information content (AvgIpc) is 2.33. The number of nitrogens with zero attached hydrogens (tertiary/aromatic N) is 1. The molecule has 0 spiro atoms. The van der Waals surface area contributed by atoms with Crippen molar-refractivity contribution in [2.45, 2.75) is 25.3 Å². The van der Waals surface area contributed by atoms with E-state index in [-0.39, 0.29) is 0 Å². The fourth-order valence-electron chi connectivity index (χ4n) is 1.88. The molecule has 1 aromatic rings. The largest absolute Gasteiger partial charge is 0.313 e. The number of pyridine rings is 1. The monoisotopic (exact) mass is 256 g/mol. The van der Waals surface area contributed by atoms with E-state index < -0.39 is 0 Å². The molecule has 2 rings (SSSR count). The molecule has 88 valence electrons. The van der Waals surface area contributed by atoms with Crippen molar-refractivity contribution in [3.63, 3.8) is 0 Å². The highest BCUT2D eigenvalue weighted by molar-refractivity contribution is 7.99. The van der Waals surface area contributed by atoms with Crippen LogP contribution in [0, 0.1) is 0 Å². The van der Waals surface area contributed by atoms with Crippen LogP contribution < -0.4 is 5.32 Å². The highest BCUT2D eigenvalue weighted by Gasteiger charge is 2.12. The highest BCUT2D eigenvalue weighted by atomic mass is 35.5. The van der Waals surface area contributed by atoms with E-state index in [0.717, 1.165) is 13.0 Å². The molecule has 1 N–H and O–H groups in total. The predicted octanol–water partition coefficient (Wildman–Crippen LogP) is 2.76. The van der Waals surface area contributed by atoms with Gasteiger partial charge >= 0.3 is 0 Å². The van der Waals surface area contributed by atoms with Crippen molar-refractivity contribution >= 4 is 23.4 Å². The lowest BCUT2D eigenvalue weighted by molar-refractivity contribution is 0.511. The molecule has 0 bridgehead atoms. The molecule has 0 radical (unpaired) electrons. The second kappa shape index (κ2) is 6.48. The Hall–Kier alpha value is -0.250. The minimum absolute atomic E-state index is 0.570. The highest BCUT2D eigenvalue weighted by Crippen LogP contribution is 2.16. The van der Waals surface area contributed by atoms with Gasteiger partial charge in [0.15, 0.2) is 0 Å². The van der Waals surface area contributed by atoms with E-state index in [4.69, 9.17) is 11.6 Å². The van der Waals surface area contributed by atoms with Crippen LogP contribution in [0.25, 0.3) is 0 Å². The average molecular weight is 257 g/mol. The topological polar surface area (TPSA) is 24.9 Å². The zero-order valence-corrected chi connectivity index (χ0v) is 10.9. The summed E-state index contributed by atoms with van der Waals surface area (Å²) in [4.78, 5) is 4.08. The number of halogens is 1. The number of nitrogens with one attached hydrogen (secondary N) is 1. The van der Waals surface area contributed by atoms with Crippen LogP contribution in [-0.2, 0) is 6.42 Å². The van der Waals surface area contributed by atoms with E-state index in [1.54, 1.807) is 0 Å². The van der Waals surface area contributed by atoms with Gasteiger partial charge in [0.25, 0.3) is 0 Å². The molecule has 2 nitrogen and oxygen atoms in total. The molecule has 1 aliphatic rings. The van der Waals surface area contributed by atoms with Gasteiger partial charge in [-0.05, 0) is 43.2 Å². The number of hydrogen-bond donors (Lipinski definition) is 1. The quantitative estimate of drug-likeness (QED) is 0.839. The summed E-state index contributed by atoms with van der Waals surface area (Å²) in [7, 11) is 0. The Balaban J connectivity index is 1.69. The minimum atomic E-state index is 0.570. The molecule has 1 saturated heterocycles. The summed E-state index contributed by atoms with van der Waals surface area (Å²) < 4.78 is 0. The van der Waals surface area contributed by atoms with E-state index in [2.05, 4.69) is 22.1 Å². The molecule has 1 aromatic heterocycles. The maximum Gasteiger partial charge on any atom is 0.129 e. The Morgan fingerprint density at radius 2 is 2.44 bits per heavy atom. The van der Waals surface area contributed by atoms with Crippen LogP contribution in [-0.4, -0.2) is 29.1 Å². The fraction of sp³-hybridized carbons (Fsp3) is 0.583. The Kier molecular flexibility index (Phi) is 4.94. The molecule has 0 aliphatic carbocycles. The molecular weight excluding hydrogens is 240 g/mol. The Morgan fingerprint density at radius 1 is 1.50 bits per heavy atom. The summed E-state index contributed by atoms with van der Waals surface area (Å²) in [6.07, 6.45) is 5.57. The maximum atomic E-state index is 5.74. The number of thioether (sulfide) groups is 1. The molecule has 1 atom stereocenters. The molecule has 16 heavy (non-hydrogen) atoms. The van der Waals surface area contributed by atoms with Crippen molar-refractivity contribution in [2.75, 3.05) is 18.1 Å². The summed E-state index contributed by atoms with van der Waals surface area (Å²) in [6, 6.07) is 4.61. The zero-order valence-electron chi connectivity index (χ0n) is 9.29. The van der Waals surface area contributed by atoms with Crippen LogP contribution in [0.2, 0.25) is 5.15 Å². The second-order valence-electron chi connectivity index (χ2n) is 4.11. The van der Waals surface area contributed by atoms with Gasteiger partial charge in [0.05, 0.1) is 0 Å². The van der Waals surface area contributed by atoms with E-state index in [1.807, 2.05) is 18.3 Å². The third kappa shape index (κ3) is 3.96. The summed E-state index contributed by atoms with van der Waals surface area (Å²) in [6.45, 7) is 1.04. The summed E-state index contributed by atoms with van der Waals surface area (Å²) in [5.74, 6) is 2.60. The van der Waals surface area contributed by atoms with Gasteiger partial charge in [-0.15, -0.1) is 0 Å². The first-order valence-corrected chi connectivity index (χ1v) is 7.29. The minimum Gasteiger partial charge on any atom is -0.313 e. The SMILES string of the molecule is Clc1ccc(CCNC2CCCSC2)cn1. The van der Waals surface area contributed by atoms with Crippen molar-refractivity contribution in [3.8, 4) is 0 Å². The van der Waals surface area contributed by atoms with Crippen LogP contribution in [0.4, 0.5) is 0 Å². The van der Waals surface area contributed by atoms with Crippen molar-refractivity contribution in [1.82, 2.24) is 10.3 Å². The molecule has 0 amide bonds. The number of hydrogen-bond acceptors (Lipinski definition) is 3. The van der Waals surface area contributed by atoms with Gasteiger partial charge in [-0.25, -0.2) is 4.98 Å². The summed E-state index contributed by atoms with van der Waals surface area (Å²) in [5.41, 5.74) is 1.25. The molecule has 0 aromatic carbocycles. The van der Waals surface area contributed by atoms with Gasteiger partial charge in [-0.2, -0.15) is 11.8 Å². The van der Waals surface area contributed by atoms with Crippen LogP contribution in [0.1, 0.15) is 18.4 Å². The van der Waals surface area contributed by atoms with Crippen LogP contribution in [0.15, 0.2) is 18.3 Å². The molecule has 1 aliphatic heterocycles. The molecule has 1 unspecified atom stereocenters. The lowest BCUT2D eigenvalue weighted by Crippen LogP contribution is -2.35. The Bertz CT molecular complexity index is 309. The molecule has 4 heteroatoms. The van der Waals surface area contributed by atoms with E-state index >= 15 is 0 Å². The molecule has 1 fully saturated rings. The van der Waals surface area contributed by atoms with Crippen molar-refractivity contribution in [1.29, 1.82) is 0 Å². The third-order valence-corrected chi connectivity index (χ3v) is 4.23. The first-order valence-electron chi connectivity index (χ1n) is 5.76. The van der Waals surface area contributed by atoms with Crippen LogP contribution in [0.5, 0.6) is 0 Å². The lowest BCUT2D eigenvalue weighted by Gasteiger charge is -2.22. The number of aromatic nitrogens is 1. The molecule has 2 heterocycles. The van der Waals surface area contributed by atoms with Gasteiger partial charge in [0.2, 0.25) is 0 Å². The molecule has 0 saturated carbocycles. The van der Waals surface area contributed by atoms with Gasteiger partial charge < -0.3 is 5.32 Å². The van der Waals surface area contributed by atoms with Crippen LogP contribution >= 0.6 is 23.4 Å². The first-order chi connectivity index (χ1) is 7.84. The first kappa shape index (κ1) is 12.2. The van der Waals surface area contributed by atoms with Gasteiger partial charge in [-0.1, -0.05) is 17.7 Å². The maximum absolute atomic E-state index is 5.74. The van der Waals surface area contributed by atoms with E-state index in [0.29, 0.717) is 11.2 Å². The summed E-state index contributed by atoms with van der Waals surface area (Å²) >= 11 is 7.80. The zero-order chi connectivity index (χ0) is 11.2. The third-order valence-electron chi connectivity index (χ3n) is 2.80. The van der Waals surface area contributed by atoms with E-state index in [9.17, 15) is 0 Å². The van der Waals surface area contributed by atoms with Crippen LogP contribution in [0.3, 0.4) is 0 Å². The predicted molar refractivity (Wildman–Crippen MR) is 71.3 cm³/mol. The van der Waals surface area contributed by atoms with Crippen molar-refractivity contribution < 1.29 is 0 Å². The smallest absolute Gasteiger partial charge is 0.129 e. The molecular formula is C12H17ClN2S. The van der Waals surface area contributed by atoms with Gasteiger partial charge in [0, 0.05) is 18.0 Å². The fourth-order valence-corrected chi connectivity index (χ4v) is 3.09. The summed E-state index contributed by atoms with van der Waals surface area (Å²) in [5, 5.41) is 4.17. The Morgan fingerprint density at radius 3 is 3.12 bits per heavy atom. The lowest BCUT2D eigenvalue weighted by atomic mass is 10.1.